The monoisotopic (exact) mass is 385 g/mol. The van der Waals surface area contributed by atoms with Crippen LogP contribution in [0, 0.1) is 17.8 Å². The molecule has 0 amide bonds. The summed E-state index contributed by atoms with van der Waals surface area (Å²) in [5, 5.41) is 1.11. The summed E-state index contributed by atoms with van der Waals surface area (Å²) >= 11 is 0. The summed E-state index contributed by atoms with van der Waals surface area (Å²) in [6, 6.07) is 7.98. The lowest BCUT2D eigenvalue weighted by Crippen LogP contribution is -2.36. The topological polar surface area (TPSA) is 68.4 Å². The molecule has 1 N–H and O–H groups in total. The average Bonchev–Trinajstić information content (AvgIpc) is 3.08. The van der Waals surface area contributed by atoms with Crippen molar-refractivity contribution in [2.24, 2.45) is 17.8 Å². The van der Waals surface area contributed by atoms with Crippen LogP contribution in [0.5, 0.6) is 0 Å². The average molecular weight is 386 g/mol. The molecule has 28 heavy (non-hydrogen) atoms. The van der Waals surface area contributed by atoms with Gasteiger partial charge in [0.1, 0.15) is 6.10 Å². The fourth-order valence-corrected chi connectivity index (χ4v) is 4.24. The zero-order valence-electron chi connectivity index (χ0n) is 17.1. The van der Waals surface area contributed by atoms with Gasteiger partial charge in [-0.05, 0) is 48.6 Å². The van der Waals surface area contributed by atoms with Crippen molar-refractivity contribution in [2.45, 2.75) is 59.0 Å². The van der Waals surface area contributed by atoms with E-state index in [9.17, 15) is 9.59 Å². The van der Waals surface area contributed by atoms with E-state index in [4.69, 9.17) is 9.47 Å². The molecule has 1 aliphatic rings. The van der Waals surface area contributed by atoms with E-state index in [-0.39, 0.29) is 25.1 Å². The summed E-state index contributed by atoms with van der Waals surface area (Å²) in [6.07, 6.45) is 5.82. The molecule has 152 valence electrons. The van der Waals surface area contributed by atoms with Crippen molar-refractivity contribution >= 4 is 22.8 Å². The summed E-state index contributed by atoms with van der Waals surface area (Å²) in [5.41, 5.74) is 2.13. The van der Waals surface area contributed by atoms with Gasteiger partial charge in [-0.1, -0.05) is 45.4 Å². The Balaban J connectivity index is 1.44. The van der Waals surface area contributed by atoms with Crippen LogP contribution in [0.4, 0.5) is 0 Å². The molecule has 0 aliphatic heterocycles. The van der Waals surface area contributed by atoms with Crippen LogP contribution in [-0.4, -0.2) is 29.6 Å². The van der Waals surface area contributed by atoms with Gasteiger partial charge < -0.3 is 14.5 Å². The Hall–Kier alpha value is -2.30. The molecule has 3 rings (SSSR count). The standard InChI is InChI=1S/C23H31NO4/c1-15(2)18-10-8-16(3)12-21(18)28-23(26)14-27-22(25)11-9-17-13-24-20-7-5-4-6-19(17)20/h4-7,13,15-16,18,21,24H,8-12,14H2,1-3H3. The normalized spacial score (nSPS) is 22.4. The van der Waals surface area contributed by atoms with Crippen molar-refractivity contribution in [1.29, 1.82) is 0 Å². The van der Waals surface area contributed by atoms with Gasteiger partial charge >= 0.3 is 11.9 Å². The maximum absolute atomic E-state index is 12.2. The Morgan fingerprint density at radius 1 is 1.18 bits per heavy atom. The predicted octanol–water partition coefficient (Wildman–Crippen LogP) is 4.65. The van der Waals surface area contributed by atoms with Gasteiger partial charge in [0.15, 0.2) is 6.61 Å². The summed E-state index contributed by atoms with van der Waals surface area (Å²) < 4.78 is 10.8. The number of aromatic amines is 1. The largest absolute Gasteiger partial charge is 0.460 e. The Bertz CT molecular complexity index is 810. The first-order valence-electron chi connectivity index (χ1n) is 10.3. The third kappa shape index (κ3) is 5.15. The fourth-order valence-electron chi connectivity index (χ4n) is 4.24. The maximum Gasteiger partial charge on any atom is 0.344 e. The number of benzene rings is 1. The van der Waals surface area contributed by atoms with Crippen LogP contribution < -0.4 is 0 Å². The third-order valence-corrected chi connectivity index (χ3v) is 5.87. The molecule has 5 heteroatoms. The molecule has 5 nitrogen and oxygen atoms in total. The number of ether oxygens (including phenoxy) is 2. The molecule has 1 aromatic heterocycles. The maximum atomic E-state index is 12.2. The first kappa shape index (κ1) is 20.4. The van der Waals surface area contributed by atoms with E-state index in [2.05, 4.69) is 25.8 Å². The number of hydrogen-bond donors (Lipinski definition) is 1. The number of hydrogen-bond acceptors (Lipinski definition) is 4. The highest BCUT2D eigenvalue weighted by atomic mass is 16.6. The van der Waals surface area contributed by atoms with Gasteiger partial charge in [0, 0.05) is 23.5 Å². The summed E-state index contributed by atoms with van der Waals surface area (Å²) in [7, 11) is 0. The molecule has 1 saturated carbocycles. The lowest BCUT2D eigenvalue weighted by atomic mass is 9.75. The highest BCUT2D eigenvalue weighted by molar-refractivity contribution is 5.84. The number of nitrogens with one attached hydrogen (secondary N) is 1. The van der Waals surface area contributed by atoms with Crippen molar-refractivity contribution in [3.63, 3.8) is 0 Å². The molecule has 0 spiro atoms. The number of para-hydroxylation sites is 1. The van der Waals surface area contributed by atoms with Gasteiger partial charge in [-0.3, -0.25) is 4.79 Å². The van der Waals surface area contributed by atoms with Crippen LogP contribution >= 0.6 is 0 Å². The zero-order chi connectivity index (χ0) is 20.1. The van der Waals surface area contributed by atoms with Gasteiger partial charge in [-0.2, -0.15) is 0 Å². The van der Waals surface area contributed by atoms with Crippen molar-refractivity contribution in [2.75, 3.05) is 6.61 Å². The lowest BCUT2D eigenvalue weighted by Gasteiger charge is -2.36. The number of rotatable bonds is 7. The van der Waals surface area contributed by atoms with Crippen molar-refractivity contribution in [1.82, 2.24) is 4.98 Å². The van der Waals surface area contributed by atoms with E-state index in [1.807, 2.05) is 30.5 Å². The molecular formula is C23H31NO4. The smallest absolute Gasteiger partial charge is 0.344 e. The minimum Gasteiger partial charge on any atom is -0.460 e. The molecule has 3 unspecified atom stereocenters. The molecule has 1 aromatic carbocycles. The second-order valence-electron chi connectivity index (χ2n) is 8.37. The van der Waals surface area contributed by atoms with Gasteiger partial charge in [0.25, 0.3) is 0 Å². The molecule has 0 bridgehead atoms. The van der Waals surface area contributed by atoms with E-state index in [0.29, 0.717) is 24.2 Å². The van der Waals surface area contributed by atoms with Gasteiger partial charge in [0.05, 0.1) is 0 Å². The Morgan fingerprint density at radius 2 is 1.96 bits per heavy atom. The van der Waals surface area contributed by atoms with Crippen LogP contribution in [0.2, 0.25) is 0 Å². The van der Waals surface area contributed by atoms with Crippen LogP contribution in [0.25, 0.3) is 10.9 Å². The lowest BCUT2D eigenvalue weighted by molar-refractivity contribution is -0.167. The Morgan fingerprint density at radius 3 is 2.75 bits per heavy atom. The molecule has 0 radical (unpaired) electrons. The molecule has 1 aliphatic carbocycles. The van der Waals surface area contributed by atoms with Crippen molar-refractivity contribution in [3.05, 3.63) is 36.0 Å². The third-order valence-electron chi connectivity index (χ3n) is 5.87. The predicted molar refractivity (Wildman–Crippen MR) is 109 cm³/mol. The minimum atomic E-state index is -0.440. The molecule has 2 aromatic rings. The highest BCUT2D eigenvalue weighted by Gasteiger charge is 2.33. The molecule has 0 saturated heterocycles. The molecular weight excluding hydrogens is 354 g/mol. The molecule has 1 fully saturated rings. The number of fused-ring (bicyclic) bond motifs is 1. The van der Waals surface area contributed by atoms with E-state index in [1.165, 1.54) is 6.42 Å². The second-order valence-corrected chi connectivity index (χ2v) is 8.37. The van der Waals surface area contributed by atoms with Crippen molar-refractivity contribution < 1.29 is 19.1 Å². The Kier molecular flexibility index (Phi) is 6.76. The van der Waals surface area contributed by atoms with E-state index in [0.717, 1.165) is 29.3 Å². The SMILES string of the molecule is CC1CCC(C(C)C)C(OC(=O)COC(=O)CCc2c[nH]c3ccccc23)C1. The number of carbonyl (C=O) groups excluding carboxylic acids is 2. The summed E-state index contributed by atoms with van der Waals surface area (Å²) in [6.45, 7) is 6.24. The van der Waals surface area contributed by atoms with E-state index < -0.39 is 5.97 Å². The fraction of sp³-hybridized carbons (Fsp3) is 0.565. The first-order chi connectivity index (χ1) is 13.4. The second kappa shape index (κ2) is 9.26. The van der Waals surface area contributed by atoms with Crippen LogP contribution in [0.15, 0.2) is 30.5 Å². The number of H-pyrrole nitrogens is 1. The van der Waals surface area contributed by atoms with Crippen LogP contribution in [0.3, 0.4) is 0 Å². The van der Waals surface area contributed by atoms with Crippen LogP contribution in [-0.2, 0) is 25.5 Å². The first-order valence-corrected chi connectivity index (χ1v) is 10.3. The summed E-state index contributed by atoms with van der Waals surface area (Å²) in [5.74, 6) is 0.609. The Labute approximate surface area is 166 Å². The quantitative estimate of drug-likeness (QED) is 0.705. The number of carbonyl (C=O) groups is 2. The molecule has 1 heterocycles. The zero-order valence-corrected chi connectivity index (χ0v) is 17.1. The van der Waals surface area contributed by atoms with Gasteiger partial charge in [-0.25, -0.2) is 4.79 Å². The van der Waals surface area contributed by atoms with Crippen LogP contribution in [0.1, 0.15) is 52.0 Å². The molecule has 3 atom stereocenters. The van der Waals surface area contributed by atoms with Crippen molar-refractivity contribution in [3.8, 4) is 0 Å². The van der Waals surface area contributed by atoms with Gasteiger partial charge in [0.2, 0.25) is 0 Å². The van der Waals surface area contributed by atoms with Gasteiger partial charge in [-0.15, -0.1) is 0 Å². The number of aryl methyl sites for hydroxylation is 1. The highest BCUT2D eigenvalue weighted by Crippen LogP contribution is 2.35. The summed E-state index contributed by atoms with van der Waals surface area (Å²) in [4.78, 5) is 27.4. The van der Waals surface area contributed by atoms with E-state index in [1.54, 1.807) is 0 Å². The van der Waals surface area contributed by atoms with E-state index >= 15 is 0 Å². The minimum absolute atomic E-state index is 0.0684. The number of aromatic nitrogens is 1. The number of esters is 2.